The molecule has 5 nitrogen and oxygen atoms in total. The second-order valence-corrected chi connectivity index (χ2v) is 8.03. The van der Waals surface area contributed by atoms with Crippen LogP contribution in [0.4, 0.5) is 0 Å². The van der Waals surface area contributed by atoms with E-state index in [-0.39, 0.29) is 25.9 Å². The van der Waals surface area contributed by atoms with Crippen molar-refractivity contribution in [2.45, 2.75) is 77.7 Å². The molecule has 8 heteroatoms. The predicted molar refractivity (Wildman–Crippen MR) is 94.2 cm³/mol. The maximum absolute atomic E-state index is 6.13. The fourth-order valence-electron chi connectivity index (χ4n) is 1.78. The zero-order chi connectivity index (χ0) is 17.4. The highest BCUT2D eigenvalue weighted by Gasteiger charge is 2.41. The van der Waals surface area contributed by atoms with E-state index in [9.17, 15) is 0 Å². The second-order valence-electron chi connectivity index (χ2n) is 5.33. The SMILES string of the molecule is CCCCOC(C)C(OCCCC)(OCCCC)[Si]O[Si]O[Si]. The van der Waals surface area contributed by atoms with Gasteiger partial charge in [0.1, 0.15) is 6.10 Å². The summed E-state index contributed by atoms with van der Waals surface area (Å²) in [7, 11) is 2.87. The monoisotopic (exact) mass is 375 g/mol. The third kappa shape index (κ3) is 10.8. The fraction of sp³-hybridized carbons (Fsp3) is 1.00. The van der Waals surface area contributed by atoms with Crippen molar-refractivity contribution in [3.05, 3.63) is 0 Å². The van der Waals surface area contributed by atoms with Crippen molar-refractivity contribution in [2.24, 2.45) is 0 Å². The Hall–Kier alpha value is 0.451. The molecule has 1 atom stereocenters. The highest BCUT2D eigenvalue weighted by molar-refractivity contribution is 6.43. The highest BCUT2D eigenvalue weighted by Crippen LogP contribution is 2.22. The maximum atomic E-state index is 6.13. The summed E-state index contributed by atoms with van der Waals surface area (Å²) in [6.45, 7) is 10.4. The normalized spacial score (nSPS) is 13.4. The smallest absolute Gasteiger partial charge is 0.409 e. The van der Waals surface area contributed by atoms with Crippen LogP contribution in [0, 0.1) is 0 Å². The van der Waals surface area contributed by atoms with Crippen LogP contribution in [0.5, 0.6) is 0 Å². The molecule has 0 amide bonds. The second kappa shape index (κ2) is 15.9. The van der Waals surface area contributed by atoms with Crippen LogP contribution in [0.3, 0.4) is 0 Å². The molecule has 1 unspecified atom stereocenters. The van der Waals surface area contributed by atoms with E-state index in [1.54, 1.807) is 0 Å². The van der Waals surface area contributed by atoms with Gasteiger partial charge in [0.25, 0.3) is 9.76 Å². The molecule has 0 saturated heterocycles. The molecule has 0 aliphatic carbocycles. The van der Waals surface area contributed by atoms with Crippen LogP contribution < -0.4 is 0 Å². The third-order valence-corrected chi connectivity index (χ3v) is 5.36. The van der Waals surface area contributed by atoms with Gasteiger partial charge in [0.15, 0.2) is 0 Å². The summed E-state index contributed by atoms with van der Waals surface area (Å²) in [6, 6.07) is 0. The Kier molecular flexibility index (Phi) is 16.3. The van der Waals surface area contributed by atoms with E-state index in [2.05, 4.69) is 31.3 Å². The van der Waals surface area contributed by atoms with Crippen molar-refractivity contribution in [2.75, 3.05) is 19.8 Å². The number of rotatable bonds is 17. The molecule has 0 aromatic carbocycles. The molecule has 0 aliphatic heterocycles. The molecule has 0 spiro atoms. The fourth-order valence-corrected chi connectivity index (χ4v) is 3.63. The summed E-state index contributed by atoms with van der Waals surface area (Å²) in [4.78, 5) is 0. The van der Waals surface area contributed by atoms with Crippen molar-refractivity contribution in [3.8, 4) is 0 Å². The van der Waals surface area contributed by atoms with Crippen molar-refractivity contribution < 1.29 is 22.4 Å². The van der Waals surface area contributed by atoms with Gasteiger partial charge < -0.3 is 22.4 Å². The largest absolute Gasteiger partial charge is 0.435 e. The van der Waals surface area contributed by atoms with E-state index in [1.807, 2.05) is 6.92 Å². The molecule has 0 saturated carbocycles. The van der Waals surface area contributed by atoms with Gasteiger partial charge in [0, 0.05) is 19.8 Å². The lowest BCUT2D eigenvalue weighted by Gasteiger charge is -2.37. The van der Waals surface area contributed by atoms with Gasteiger partial charge in [-0.3, -0.25) is 0 Å². The summed E-state index contributed by atoms with van der Waals surface area (Å²) in [5.74, 6) is 0. The summed E-state index contributed by atoms with van der Waals surface area (Å²) in [5, 5.41) is 0. The van der Waals surface area contributed by atoms with Crippen LogP contribution in [-0.4, -0.2) is 61.6 Å². The lowest BCUT2D eigenvalue weighted by molar-refractivity contribution is -0.242. The zero-order valence-corrected chi connectivity index (χ0v) is 18.0. The molecular formula is C15H31O5Si3. The van der Waals surface area contributed by atoms with Crippen LogP contribution in [0.1, 0.15) is 66.2 Å². The highest BCUT2D eigenvalue weighted by atomic mass is 28.3. The first-order valence-electron chi connectivity index (χ1n) is 8.56. The average molecular weight is 376 g/mol. The minimum absolute atomic E-state index is 0.00199. The molecule has 0 aromatic heterocycles. The molecule has 7 radical (unpaired) electrons. The number of ether oxygens (including phenoxy) is 3. The van der Waals surface area contributed by atoms with Crippen molar-refractivity contribution >= 4 is 30.3 Å². The maximum Gasteiger partial charge on any atom is 0.409 e. The molecule has 0 heterocycles. The lowest BCUT2D eigenvalue weighted by atomic mass is 10.3. The van der Waals surface area contributed by atoms with Gasteiger partial charge in [-0.05, 0) is 26.2 Å². The van der Waals surface area contributed by atoms with Gasteiger partial charge in [-0.25, -0.2) is 0 Å². The van der Waals surface area contributed by atoms with Crippen LogP contribution in [0.2, 0.25) is 0 Å². The molecular weight excluding hydrogens is 344 g/mol. The summed E-state index contributed by atoms with van der Waals surface area (Å²) >= 11 is 0. The Balaban J connectivity index is 4.83. The quantitative estimate of drug-likeness (QED) is 0.222. The Morgan fingerprint density at radius 2 is 1.43 bits per heavy atom. The minimum atomic E-state index is -0.851. The van der Waals surface area contributed by atoms with Gasteiger partial charge in [0.2, 0.25) is 15.9 Å². The van der Waals surface area contributed by atoms with Crippen LogP contribution in [0.15, 0.2) is 0 Å². The van der Waals surface area contributed by atoms with E-state index >= 15 is 0 Å². The van der Waals surface area contributed by atoms with Gasteiger partial charge in [-0.2, -0.15) is 0 Å². The van der Waals surface area contributed by atoms with Crippen molar-refractivity contribution in [3.63, 3.8) is 0 Å². The lowest BCUT2D eigenvalue weighted by Crippen LogP contribution is -2.54. The average Bonchev–Trinajstić information content (AvgIpc) is 2.55. The number of hydrogen-bond acceptors (Lipinski definition) is 5. The molecule has 0 N–H and O–H groups in total. The molecule has 0 fully saturated rings. The van der Waals surface area contributed by atoms with Gasteiger partial charge >= 0.3 is 10.0 Å². The van der Waals surface area contributed by atoms with Gasteiger partial charge in [0.05, 0.1) is 0 Å². The molecule has 0 aliphatic rings. The number of hydrogen-bond donors (Lipinski definition) is 0. The van der Waals surface area contributed by atoms with Crippen molar-refractivity contribution in [1.82, 2.24) is 0 Å². The zero-order valence-electron chi connectivity index (χ0n) is 15.0. The third-order valence-electron chi connectivity index (χ3n) is 3.31. The Morgan fingerprint density at radius 1 is 0.913 bits per heavy atom. The summed E-state index contributed by atoms with van der Waals surface area (Å²) in [5.41, 5.74) is -0.851. The first-order chi connectivity index (χ1) is 11.2. The van der Waals surface area contributed by atoms with E-state index in [4.69, 9.17) is 22.4 Å². The Morgan fingerprint density at radius 3 is 1.91 bits per heavy atom. The van der Waals surface area contributed by atoms with Crippen LogP contribution >= 0.6 is 0 Å². The Labute approximate surface area is 150 Å². The van der Waals surface area contributed by atoms with Crippen LogP contribution in [-0.2, 0) is 22.4 Å². The van der Waals surface area contributed by atoms with E-state index < -0.39 is 5.41 Å². The van der Waals surface area contributed by atoms with E-state index in [0.29, 0.717) is 19.8 Å². The summed E-state index contributed by atoms with van der Waals surface area (Å²) < 4.78 is 28.6. The Bertz CT molecular complexity index is 233. The predicted octanol–water partition coefficient (Wildman–Crippen LogP) is 2.75. The van der Waals surface area contributed by atoms with E-state index in [0.717, 1.165) is 38.5 Å². The standard InChI is InChI=1S/C15H31O5Si3/c1-5-8-11-16-14(4)15(17-12-9-6-2,18-13-10-7-3)22-20-23-19-21/h14H,5-13H2,1-4H3. The molecule has 0 rings (SSSR count). The first-order valence-corrected chi connectivity index (χ1v) is 10.7. The molecule has 133 valence electrons. The molecule has 23 heavy (non-hydrogen) atoms. The molecule has 0 bridgehead atoms. The van der Waals surface area contributed by atoms with Crippen LogP contribution in [0.25, 0.3) is 0 Å². The van der Waals surface area contributed by atoms with Gasteiger partial charge in [-0.1, -0.05) is 40.0 Å². The first kappa shape index (κ1) is 23.5. The van der Waals surface area contributed by atoms with Gasteiger partial charge in [-0.15, -0.1) is 0 Å². The number of unbranched alkanes of at least 4 members (excludes halogenated alkanes) is 3. The van der Waals surface area contributed by atoms with E-state index in [1.165, 1.54) is 0 Å². The van der Waals surface area contributed by atoms with Crippen molar-refractivity contribution in [1.29, 1.82) is 0 Å². The summed E-state index contributed by atoms with van der Waals surface area (Å²) in [6.07, 6.45) is 6.06. The minimum Gasteiger partial charge on any atom is -0.435 e. The topological polar surface area (TPSA) is 46.2 Å². The molecule has 0 aromatic rings.